The van der Waals surface area contributed by atoms with E-state index in [2.05, 4.69) is 0 Å². The van der Waals surface area contributed by atoms with Crippen molar-refractivity contribution in [1.29, 1.82) is 0 Å². The van der Waals surface area contributed by atoms with Crippen molar-refractivity contribution in [3.8, 4) is 17.2 Å². The Morgan fingerprint density at radius 3 is 1.83 bits per heavy atom. The Kier molecular flexibility index (Phi) is 5.64. The molecule has 0 fully saturated rings. The molecule has 0 saturated heterocycles. The van der Waals surface area contributed by atoms with Gasteiger partial charge in [0, 0.05) is 5.56 Å². The van der Waals surface area contributed by atoms with Crippen LogP contribution >= 0.6 is 0 Å². The van der Waals surface area contributed by atoms with Crippen molar-refractivity contribution in [1.82, 2.24) is 0 Å². The van der Waals surface area contributed by atoms with E-state index in [4.69, 9.17) is 14.2 Å². The SMILES string of the molecule is COc1cc(/C=C/C(=O)c2cc(C)cc(C)c2)cc(OC)c1OC. The number of ketones is 1. The van der Waals surface area contributed by atoms with Gasteiger partial charge in [0.25, 0.3) is 0 Å². The minimum Gasteiger partial charge on any atom is -0.493 e. The number of carbonyl (C=O) groups is 1. The zero-order valence-electron chi connectivity index (χ0n) is 14.7. The summed E-state index contributed by atoms with van der Waals surface area (Å²) in [5.41, 5.74) is 3.61. The first-order valence-electron chi connectivity index (χ1n) is 7.59. The van der Waals surface area contributed by atoms with Gasteiger partial charge in [0.05, 0.1) is 21.3 Å². The number of hydrogen-bond acceptors (Lipinski definition) is 4. The van der Waals surface area contributed by atoms with Crippen molar-refractivity contribution in [2.24, 2.45) is 0 Å². The Labute approximate surface area is 142 Å². The second-order valence-corrected chi connectivity index (χ2v) is 5.53. The van der Waals surface area contributed by atoms with E-state index in [-0.39, 0.29) is 5.78 Å². The number of carbonyl (C=O) groups excluding carboxylic acids is 1. The summed E-state index contributed by atoms with van der Waals surface area (Å²) >= 11 is 0. The summed E-state index contributed by atoms with van der Waals surface area (Å²) in [4.78, 5) is 12.4. The summed E-state index contributed by atoms with van der Waals surface area (Å²) in [7, 11) is 4.68. The minimum absolute atomic E-state index is 0.0458. The van der Waals surface area contributed by atoms with Crippen molar-refractivity contribution in [3.63, 3.8) is 0 Å². The molecule has 2 aromatic carbocycles. The Bertz CT molecular complexity index is 730. The van der Waals surface area contributed by atoms with Crippen LogP contribution in [0.25, 0.3) is 6.08 Å². The first kappa shape index (κ1) is 17.6. The maximum absolute atomic E-state index is 12.4. The van der Waals surface area contributed by atoms with Crippen LogP contribution in [0.15, 0.2) is 36.4 Å². The predicted molar refractivity (Wildman–Crippen MR) is 95.4 cm³/mol. The molecule has 0 bridgehead atoms. The quantitative estimate of drug-likeness (QED) is 0.589. The van der Waals surface area contributed by atoms with Gasteiger partial charge in [-0.25, -0.2) is 0 Å². The number of ether oxygens (including phenoxy) is 3. The second kappa shape index (κ2) is 7.68. The zero-order valence-corrected chi connectivity index (χ0v) is 14.7. The van der Waals surface area contributed by atoms with Crippen LogP contribution in [-0.4, -0.2) is 27.1 Å². The second-order valence-electron chi connectivity index (χ2n) is 5.53. The van der Waals surface area contributed by atoms with Gasteiger partial charge in [0.15, 0.2) is 17.3 Å². The molecular weight excluding hydrogens is 304 g/mol. The van der Waals surface area contributed by atoms with E-state index in [1.54, 1.807) is 45.6 Å². The number of methoxy groups -OCH3 is 3. The van der Waals surface area contributed by atoms with Gasteiger partial charge in [-0.2, -0.15) is 0 Å². The molecule has 24 heavy (non-hydrogen) atoms. The smallest absolute Gasteiger partial charge is 0.203 e. The van der Waals surface area contributed by atoms with E-state index in [1.165, 1.54) is 0 Å². The Hall–Kier alpha value is -2.75. The lowest BCUT2D eigenvalue weighted by molar-refractivity contribution is 0.104. The van der Waals surface area contributed by atoms with E-state index >= 15 is 0 Å². The summed E-state index contributed by atoms with van der Waals surface area (Å²) in [5.74, 6) is 1.58. The van der Waals surface area contributed by atoms with Crippen LogP contribution < -0.4 is 14.2 Å². The van der Waals surface area contributed by atoms with Crippen molar-refractivity contribution in [2.75, 3.05) is 21.3 Å². The molecule has 0 amide bonds. The van der Waals surface area contributed by atoms with Crippen molar-refractivity contribution in [3.05, 3.63) is 58.7 Å². The summed E-state index contributed by atoms with van der Waals surface area (Å²) in [6, 6.07) is 9.41. The number of aryl methyl sites for hydroxylation is 2. The van der Waals surface area contributed by atoms with Gasteiger partial charge in [-0.15, -0.1) is 0 Å². The van der Waals surface area contributed by atoms with E-state index in [0.717, 1.165) is 16.7 Å². The Balaban J connectivity index is 2.32. The summed E-state index contributed by atoms with van der Waals surface area (Å²) < 4.78 is 15.9. The molecule has 2 aromatic rings. The maximum Gasteiger partial charge on any atom is 0.203 e. The standard InChI is InChI=1S/C20H22O4/c1-13-8-14(2)10-16(9-13)17(21)7-6-15-11-18(22-3)20(24-5)19(12-15)23-4/h6-12H,1-5H3/b7-6+. The molecule has 0 heterocycles. The number of benzene rings is 2. The lowest BCUT2D eigenvalue weighted by atomic mass is 10.0. The van der Waals surface area contributed by atoms with Gasteiger partial charge in [-0.05, 0) is 49.8 Å². The molecule has 0 atom stereocenters. The molecule has 0 aromatic heterocycles. The van der Waals surface area contributed by atoms with Crippen LogP contribution in [0.2, 0.25) is 0 Å². The highest BCUT2D eigenvalue weighted by Gasteiger charge is 2.12. The lowest BCUT2D eigenvalue weighted by Gasteiger charge is -2.12. The van der Waals surface area contributed by atoms with Crippen LogP contribution in [0.4, 0.5) is 0 Å². The van der Waals surface area contributed by atoms with Crippen LogP contribution in [-0.2, 0) is 0 Å². The molecule has 126 valence electrons. The topological polar surface area (TPSA) is 44.8 Å². The monoisotopic (exact) mass is 326 g/mol. The van der Waals surface area contributed by atoms with Crippen molar-refractivity contribution in [2.45, 2.75) is 13.8 Å². The molecular formula is C20H22O4. The number of rotatable bonds is 6. The first-order valence-corrected chi connectivity index (χ1v) is 7.59. The highest BCUT2D eigenvalue weighted by molar-refractivity contribution is 6.07. The van der Waals surface area contributed by atoms with Gasteiger partial charge < -0.3 is 14.2 Å². The molecule has 0 spiro atoms. The lowest BCUT2D eigenvalue weighted by Crippen LogP contribution is -1.97. The van der Waals surface area contributed by atoms with Gasteiger partial charge >= 0.3 is 0 Å². The molecule has 4 heteroatoms. The van der Waals surface area contributed by atoms with E-state index in [0.29, 0.717) is 22.8 Å². The van der Waals surface area contributed by atoms with Crippen LogP contribution in [0, 0.1) is 13.8 Å². The van der Waals surface area contributed by atoms with Crippen LogP contribution in [0.3, 0.4) is 0 Å². The molecule has 0 aliphatic carbocycles. The number of allylic oxidation sites excluding steroid dienone is 1. The molecule has 2 rings (SSSR count). The average molecular weight is 326 g/mol. The molecule has 0 N–H and O–H groups in total. The van der Waals surface area contributed by atoms with Crippen molar-refractivity contribution >= 4 is 11.9 Å². The molecule has 0 aliphatic heterocycles. The molecule has 0 unspecified atom stereocenters. The minimum atomic E-state index is -0.0458. The first-order chi connectivity index (χ1) is 11.5. The van der Waals surface area contributed by atoms with Crippen LogP contribution in [0.1, 0.15) is 27.0 Å². The van der Waals surface area contributed by atoms with Crippen LogP contribution in [0.5, 0.6) is 17.2 Å². The van der Waals surface area contributed by atoms with Gasteiger partial charge in [-0.3, -0.25) is 4.79 Å². The van der Waals surface area contributed by atoms with E-state index in [1.807, 2.05) is 32.0 Å². The fraction of sp³-hybridized carbons (Fsp3) is 0.250. The Morgan fingerprint density at radius 1 is 0.833 bits per heavy atom. The third kappa shape index (κ3) is 3.96. The zero-order chi connectivity index (χ0) is 17.7. The van der Waals surface area contributed by atoms with E-state index in [9.17, 15) is 4.79 Å². The largest absolute Gasteiger partial charge is 0.493 e. The molecule has 0 aliphatic rings. The molecule has 0 saturated carbocycles. The third-order valence-corrected chi connectivity index (χ3v) is 3.62. The molecule has 0 radical (unpaired) electrons. The van der Waals surface area contributed by atoms with Crippen molar-refractivity contribution < 1.29 is 19.0 Å². The summed E-state index contributed by atoms with van der Waals surface area (Å²) in [6.07, 6.45) is 3.29. The fourth-order valence-electron chi connectivity index (χ4n) is 2.58. The third-order valence-electron chi connectivity index (χ3n) is 3.62. The fourth-order valence-corrected chi connectivity index (χ4v) is 2.58. The highest BCUT2D eigenvalue weighted by Crippen LogP contribution is 2.38. The maximum atomic E-state index is 12.4. The van der Waals surface area contributed by atoms with Gasteiger partial charge in [0.1, 0.15) is 0 Å². The van der Waals surface area contributed by atoms with E-state index < -0.39 is 0 Å². The highest BCUT2D eigenvalue weighted by atomic mass is 16.5. The Morgan fingerprint density at radius 2 is 1.38 bits per heavy atom. The normalized spacial score (nSPS) is 10.7. The summed E-state index contributed by atoms with van der Waals surface area (Å²) in [5, 5.41) is 0. The number of hydrogen-bond donors (Lipinski definition) is 0. The average Bonchev–Trinajstić information content (AvgIpc) is 2.57. The summed E-state index contributed by atoms with van der Waals surface area (Å²) in [6.45, 7) is 3.96. The van der Waals surface area contributed by atoms with Gasteiger partial charge in [-0.1, -0.05) is 23.3 Å². The van der Waals surface area contributed by atoms with Gasteiger partial charge in [0.2, 0.25) is 5.75 Å². The predicted octanol–water partition coefficient (Wildman–Crippen LogP) is 4.23. The molecule has 4 nitrogen and oxygen atoms in total.